The Kier molecular flexibility index (Phi) is 22.6. The maximum Gasteiger partial charge on any atom is 1.00 e. The van der Waals surface area contributed by atoms with Crippen LogP contribution in [-0.4, -0.2) is 62.6 Å². The van der Waals surface area contributed by atoms with Gasteiger partial charge in [0.2, 0.25) is 0 Å². The number of hydrogen-bond donors (Lipinski definition) is 0. The van der Waals surface area contributed by atoms with E-state index in [1.54, 1.807) is 0 Å². The number of ether oxygens (including phenoxy) is 2. The van der Waals surface area contributed by atoms with Crippen LogP contribution in [0, 0.1) is 46.5 Å². The molecule has 0 amide bonds. The van der Waals surface area contributed by atoms with Gasteiger partial charge in [-0.3, -0.25) is 0 Å². The van der Waals surface area contributed by atoms with E-state index in [9.17, 15) is 70.7 Å². The van der Waals surface area contributed by atoms with Crippen molar-refractivity contribution in [2.75, 3.05) is 24.7 Å². The largest absolute Gasteiger partial charge is 1.00 e. The van der Waals surface area contributed by atoms with Gasteiger partial charge in [-0.25, -0.2) is 61.5 Å². The number of aryl methyl sites for hydroxylation is 2. The molecule has 0 aliphatic heterocycles. The minimum atomic E-state index is -5.87. The maximum atomic E-state index is 14.4. The van der Waals surface area contributed by atoms with Crippen molar-refractivity contribution in [1.82, 2.24) is 0 Å². The standard InChI is InChI=1S/C36H28Cl2F8O10S4.2Na/c37-21(23-25(39)29(43)33(59(49,50)51)30(44)26(23)40)11-5-17-1-7-19(8-2-17)35(47)55-13-15-57-58-16-14-56-36(48)20-9-3-18(4-10-20)6-12-22(38)24-27(41)31(45)34(60(52,53)54)32(46)28(24)42;;/h1-4,7-10,21-22H,5-6,11-16H2,(H,49,50,51)(H,52,53,54);;/q;2*+1/p-2. The summed E-state index contributed by atoms with van der Waals surface area (Å²) in [5.74, 6) is -18.6. The summed E-state index contributed by atoms with van der Waals surface area (Å²) in [6, 6.07) is 11.5. The minimum Gasteiger partial charge on any atom is -0.744 e. The fraction of sp³-hybridized carbons (Fsp3) is 0.278. The molecule has 62 heavy (non-hydrogen) atoms. The first-order valence-electron chi connectivity index (χ1n) is 16.7. The molecule has 2 atom stereocenters. The van der Waals surface area contributed by atoms with E-state index in [4.69, 9.17) is 32.7 Å². The van der Waals surface area contributed by atoms with Crippen LogP contribution in [0.15, 0.2) is 58.3 Å². The molecule has 0 fully saturated rings. The molecule has 4 aromatic carbocycles. The number of carbonyl (C=O) groups is 2. The van der Waals surface area contributed by atoms with E-state index >= 15 is 0 Å². The van der Waals surface area contributed by atoms with E-state index in [2.05, 4.69) is 0 Å². The number of halogens is 10. The van der Waals surface area contributed by atoms with Crippen LogP contribution in [0.2, 0.25) is 0 Å². The van der Waals surface area contributed by atoms with Crippen molar-refractivity contribution in [3.05, 3.63) is 128 Å². The Balaban J connectivity index is 0.00000661. The number of hydrogen-bond acceptors (Lipinski definition) is 12. The number of esters is 2. The van der Waals surface area contributed by atoms with E-state index in [0.29, 0.717) is 22.6 Å². The van der Waals surface area contributed by atoms with Crippen LogP contribution < -0.4 is 59.1 Å². The smallest absolute Gasteiger partial charge is 0.744 e. The van der Waals surface area contributed by atoms with Crippen molar-refractivity contribution in [1.29, 1.82) is 0 Å². The van der Waals surface area contributed by atoms with Crippen LogP contribution in [0.3, 0.4) is 0 Å². The van der Waals surface area contributed by atoms with E-state index in [0.717, 1.165) is 0 Å². The van der Waals surface area contributed by atoms with E-state index < -0.39 is 110 Å². The minimum absolute atomic E-state index is 0. The van der Waals surface area contributed by atoms with Crippen LogP contribution >= 0.6 is 44.8 Å². The second kappa shape index (κ2) is 24.8. The summed E-state index contributed by atoms with van der Waals surface area (Å²) in [6.45, 7) is 0.0182. The van der Waals surface area contributed by atoms with Gasteiger partial charge >= 0.3 is 71.1 Å². The van der Waals surface area contributed by atoms with Crippen molar-refractivity contribution in [2.24, 2.45) is 0 Å². The van der Waals surface area contributed by atoms with E-state index in [1.165, 1.54) is 70.1 Å². The van der Waals surface area contributed by atoms with Gasteiger partial charge in [-0.05, 0) is 61.1 Å². The van der Waals surface area contributed by atoms with Crippen molar-refractivity contribution >= 4 is 77.0 Å². The molecular formula is C36H26Cl2F8Na2O10S4. The Bertz CT molecular complexity index is 2250. The van der Waals surface area contributed by atoms with Crippen LogP contribution in [0.1, 0.15) is 66.6 Å². The zero-order chi connectivity index (χ0) is 44.7. The van der Waals surface area contributed by atoms with E-state index in [-0.39, 0.29) is 109 Å². The molecule has 0 aromatic heterocycles. The molecule has 0 spiro atoms. The zero-order valence-electron chi connectivity index (χ0n) is 31.9. The Hall–Kier alpha value is -1.64. The molecule has 0 heterocycles. The topological polar surface area (TPSA) is 167 Å². The average molecular weight is 1020 g/mol. The van der Waals surface area contributed by atoms with Gasteiger partial charge in [-0.1, -0.05) is 45.9 Å². The molecule has 0 saturated carbocycles. The average Bonchev–Trinajstić information content (AvgIpc) is 3.18. The first kappa shape index (κ1) is 56.5. The molecule has 2 unspecified atom stereocenters. The molecule has 0 N–H and O–H groups in total. The molecule has 0 saturated heterocycles. The first-order valence-corrected chi connectivity index (χ1v) is 22.9. The summed E-state index contributed by atoms with van der Waals surface area (Å²) < 4.78 is 191. The summed E-state index contributed by atoms with van der Waals surface area (Å²) in [6.07, 6.45) is -0.551. The Morgan fingerprint density at radius 2 is 0.806 bits per heavy atom. The molecular weight excluding hydrogens is 990 g/mol. The van der Waals surface area contributed by atoms with Gasteiger partial charge in [-0.15, -0.1) is 23.2 Å². The number of benzene rings is 4. The van der Waals surface area contributed by atoms with Crippen LogP contribution in [0.5, 0.6) is 0 Å². The Labute approximate surface area is 411 Å². The summed E-state index contributed by atoms with van der Waals surface area (Å²) in [5, 5.41) is -3.33. The number of rotatable bonds is 19. The molecule has 10 nitrogen and oxygen atoms in total. The van der Waals surface area contributed by atoms with Gasteiger partial charge in [0.25, 0.3) is 0 Å². The Morgan fingerprint density at radius 1 is 0.532 bits per heavy atom. The summed E-state index contributed by atoms with van der Waals surface area (Å²) in [5.41, 5.74) is -1.25. The summed E-state index contributed by atoms with van der Waals surface area (Å²) >= 11 is 12.0. The van der Waals surface area contributed by atoms with Crippen LogP contribution in [-0.2, 0) is 42.6 Å². The summed E-state index contributed by atoms with van der Waals surface area (Å²) in [4.78, 5) is 20.2. The number of carbonyl (C=O) groups excluding carboxylic acids is 2. The summed E-state index contributed by atoms with van der Waals surface area (Å²) in [7, 11) is -9.11. The monoisotopic (exact) mass is 1010 g/mol. The van der Waals surface area contributed by atoms with Crippen molar-refractivity contribution in [3.8, 4) is 0 Å². The third-order valence-corrected chi connectivity index (χ3v) is 13.2. The SMILES string of the molecule is O=C(OCCSSCCOC(=O)c1ccc(CCC(Cl)c2c(F)c(F)c(S(=O)(=O)[O-])c(F)c2F)cc1)c1ccc(CCC(Cl)c2c(F)c(F)c(S(=O)(=O)[O-])c(F)c2F)cc1.[Na+].[Na+]. The Morgan fingerprint density at radius 3 is 1.06 bits per heavy atom. The predicted octanol–water partition coefficient (Wildman–Crippen LogP) is 2.84. The molecule has 0 aliphatic rings. The van der Waals surface area contributed by atoms with Gasteiger partial charge in [0.05, 0.1) is 21.9 Å². The second-order valence-corrected chi connectivity index (χ2v) is 18.6. The van der Waals surface area contributed by atoms with Gasteiger partial charge in [-0.2, -0.15) is 0 Å². The van der Waals surface area contributed by atoms with Gasteiger partial charge in [0.1, 0.15) is 43.2 Å². The third-order valence-electron chi connectivity index (χ3n) is 8.28. The van der Waals surface area contributed by atoms with Crippen molar-refractivity contribution in [2.45, 2.75) is 46.2 Å². The quantitative estimate of drug-likeness (QED) is 0.0198. The third kappa shape index (κ3) is 14.4. The molecule has 4 aromatic rings. The fourth-order valence-corrected chi connectivity index (χ4v) is 8.85. The van der Waals surface area contributed by atoms with Gasteiger partial charge in [0, 0.05) is 22.6 Å². The first-order chi connectivity index (χ1) is 28.1. The van der Waals surface area contributed by atoms with Crippen molar-refractivity contribution < 1.29 is 139 Å². The van der Waals surface area contributed by atoms with Gasteiger partial charge < -0.3 is 18.6 Å². The molecule has 0 aliphatic carbocycles. The molecule has 0 bridgehead atoms. The molecule has 26 heteroatoms. The zero-order valence-corrected chi connectivity index (χ0v) is 40.7. The maximum absolute atomic E-state index is 14.4. The fourth-order valence-electron chi connectivity index (χ4n) is 5.36. The molecule has 0 radical (unpaired) electrons. The van der Waals surface area contributed by atoms with Crippen LogP contribution in [0.4, 0.5) is 35.1 Å². The molecule has 4 rings (SSSR count). The normalized spacial score (nSPS) is 12.5. The van der Waals surface area contributed by atoms with Gasteiger partial charge in [0.15, 0.2) is 46.5 Å². The molecule has 326 valence electrons. The second-order valence-electron chi connectivity index (χ2n) is 12.2. The predicted molar refractivity (Wildman–Crippen MR) is 201 cm³/mol. The van der Waals surface area contributed by atoms with Crippen molar-refractivity contribution in [3.63, 3.8) is 0 Å². The van der Waals surface area contributed by atoms with E-state index in [1.807, 2.05) is 0 Å². The van der Waals surface area contributed by atoms with Crippen LogP contribution in [0.25, 0.3) is 0 Å². The number of alkyl halides is 2.